The van der Waals surface area contributed by atoms with Crippen molar-refractivity contribution in [3.8, 4) is 22.5 Å². The molecule has 0 saturated heterocycles. The molecular weight excluding hydrogens is 480 g/mol. The molecule has 0 radical (unpaired) electrons. The summed E-state index contributed by atoms with van der Waals surface area (Å²) in [5, 5.41) is 6.94. The van der Waals surface area contributed by atoms with Crippen LogP contribution in [0.15, 0.2) is 53.1 Å². The normalized spacial score (nSPS) is 17.4. The summed E-state index contributed by atoms with van der Waals surface area (Å²) in [6, 6.07) is 16.0. The first-order valence-corrected chi connectivity index (χ1v) is 13.7. The smallest absolute Gasteiger partial charge is 0.412 e. The van der Waals surface area contributed by atoms with Crippen molar-refractivity contribution in [1.82, 2.24) is 5.16 Å². The van der Waals surface area contributed by atoms with Crippen molar-refractivity contribution in [2.24, 2.45) is 5.92 Å². The number of carbonyl (C=O) groups is 2. The highest BCUT2D eigenvalue weighted by atomic mass is 16.6. The van der Waals surface area contributed by atoms with Gasteiger partial charge in [0.1, 0.15) is 17.5 Å². The van der Waals surface area contributed by atoms with Gasteiger partial charge in [-0.3, -0.25) is 10.1 Å². The first-order valence-electron chi connectivity index (χ1n) is 13.7. The molecule has 1 heterocycles. The number of esters is 1. The van der Waals surface area contributed by atoms with E-state index in [2.05, 4.69) is 10.5 Å². The molecule has 0 spiro atoms. The second-order valence-electron chi connectivity index (χ2n) is 10.6. The number of hydrogen-bond donors (Lipinski definition) is 1. The van der Waals surface area contributed by atoms with Crippen LogP contribution >= 0.6 is 0 Å². The van der Waals surface area contributed by atoms with Crippen LogP contribution in [0.25, 0.3) is 22.5 Å². The van der Waals surface area contributed by atoms with Gasteiger partial charge in [-0.1, -0.05) is 73.0 Å². The van der Waals surface area contributed by atoms with Gasteiger partial charge in [-0.2, -0.15) is 0 Å². The zero-order valence-corrected chi connectivity index (χ0v) is 22.4. The number of hydrogen-bond acceptors (Lipinski definition) is 6. The Labute approximate surface area is 223 Å². The number of benzene rings is 2. The minimum Gasteiger partial charge on any atom is -0.465 e. The molecular formula is C31H36N2O5. The number of nitrogens with zero attached hydrogens (tertiary/aromatic N) is 1. The number of aryl methyl sites for hydroxylation is 1. The zero-order chi connectivity index (χ0) is 26.7. The molecule has 7 heteroatoms. The summed E-state index contributed by atoms with van der Waals surface area (Å²) in [5.74, 6) is 0.784. The summed E-state index contributed by atoms with van der Waals surface area (Å²) in [5.41, 5.74) is 4.55. The van der Waals surface area contributed by atoms with Crippen molar-refractivity contribution >= 4 is 17.7 Å². The van der Waals surface area contributed by atoms with Gasteiger partial charge in [0.25, 0.3) is 0 Å². The van der Waals surface area contributed by atoms with Crippen molar-refractivity contribution in [1.29, 1.82) is 0 Å². The highest BCUT2D eigenvalue weighted by Crippen LogP contribution is 2.49. The van der Waals surface area contributed by atoms with Crippen LogP contribution in [0.2, 0.25) is 0 Å². The molecule has 1 N–H and O–H groups in total. The lowest BCUT2D eigenvalue weighted by atomic mass is 9.86. The van der Waals surface area contributed by atoms with Gasteiger partial charge in [-0.25, -0.2) is 4.79 Å². The van der Waals surface area contributed by atoms with Gasteiger partial charge in [0, 0.05) is 5.56 Å². The van der Waals surface area contributed by atoms with E-state index in [1.165, 1.54) is 19.3 Å². The summed E-state index contributed by atoms with van der Waals surface area (Å²) in [6.07, 6.45) is 6.92. The summed E-state index contributed by atoms with van der Waals surface area (Å²) in [6.45, 7) is 6.01. The Bertz CT molecular complexity index is 1270. The van der Waals surface area contributed by atoms with Crippen molar-refractivity contribution in [2.75, 3.05) is 11.9 Å². The summed E-state index contributed by atoms with van der Waals surface area (Å²) >= 11 is 0. The van der Waals surface area contributed by atoms with Crippen LogP contribution in [0.5, 0.6) is 0 Å². The first-order chi connectivity index (χ1) is 18.4. The van der Waals surface area contributed by atoms with Crippen LogP contribution < -0.4 is 5.32 Å². The van der Waals surface area contributed by atoms with Crippen molar-refractivity contribution in [3.63, 3.8) is 0 Å². The van der Waals surface area contributed by atoms with Crippen LogP contribution in [-0.4, -0.2) is 29.9 Å². The highest BCUT2D eigenvalue weighted by molar-refractivity contribution is 5.91. The van der Waals surface area contributed by atoms with E-state index in [1.54, 1.807) is 6.92 Å². The lowest BCUT2D eigenvalue weighted by molar-refractivity contribution is -0.146. The average Bonchev–Trinajstić information content (AvgIpc) is 3.68. The fraction of sp³-hybridized carbons (Fsp3) is 0.452. The monoisotopic (exact) mass is 516 g/mol. The van der Waals surface area contributed by atoms with E-state index in [0.717, 1.165) is 47.9 Å². The molecule has 7 nitrogen and oxygen atoms in total. The van der Waals surface area contributed by atoms with Crippen LogP contribution in [0.4, 0.5) is 10.5 Å². The van der Waals surface area contributed by atoms with Crippen molar-refractivity contribution < 1.29 is 23.6 Å². The third-order valence-corrected chi connectivity index (χ3v) is 8.03. The fourth-order valence-corrected chi connectivity index (χ4v) is 5.51. The first kappa shape index (κ1) is 26.0. The number of nitrogens with one attached hydrogen (secondary N) is 1. The molecule has 2 aliphatic carbocycles. The molecule has 2 aliphatic rings. The van der Waals surface area contributed by atoms with Crippen LogP contribution in [0, 0.1) is 12.8 Å². The Kier molecular flexibility index (Phi) is 7.54. The van der Waals surface area contributed by atoms with Gasteiger partial charge in [0.2, 0.25) is 0 Å². The maximum Gasteiger partial charge on any atom is 0.412 e. The molecule has 1 amide bonds. The molecule has 5 rings (SSSR count). The Hall–Kier alpha value is -3.61. The Balaban J connectivity index is 1.26. The van der Waals surface area contributed by atoms with Crippen LogP contribution in [-0.2, 0) is 19.7 Å². The number of rotatable bonds is 8. The van der Waals surface area contributed by atoms with E-state index in [1.807, 2.05) is 62.4 Å². The quantitative estimate of drug-likeness (QED) is 0.313. The highest BCUT2D eigenvalue weighted by Gasteiger charge is 2.52. The minimum atomic E-state index is -0.483. The van der Waals surface area contributed by atoms with Crippen LogP contribution in [0.1, 0.15) is 70.1 Å². The maximum absolute atomic E-state index is 12.7. The molecule has 2 saturated carbocycles. The number of aromatic nitrogens is 1. The summed E-state index contributed by atoms with van der Waals surface area (Å²) in [4.78, 5) is 25.1. The molecule has 2 aromatic carbocycles. The van der Waals surface area contributed by atoms with E-state index in [-0.39, 0.29) is 12.1 Å². The zero-order valence-electron chi connectivity index (χ0n) is 22.4. The number of amides is 1. The Morgan fingerprint density at radius 1 is 1.00 bits per heavy atom. The predicted octanol–water partition coefficient (Wildman–Crippen LogP) is 7.43. The summed E-state index contributed by atoms with van der Waals surface area (Å²) in [7, 11) is 0. The lowest BCUT2D eigenvalue weighted by Gasteiger charge is -2.27. The number of anilines is 1. The summed E-state index contributed by atoms with van der Waals surface area (Å²) < 4.78 is 16.6. The topological polar surface area (TPSA) is 90.7 Å². The molecule has 3 aromatic rings. The van der Waals surface area contributed by atoms with E-state index in [9.17, 15) is 9.59 Å². The SMILES string of the molecule is CCOC(=O)C1(c2ccc(-c3ccc(-c4onc(C)c4NC(=O)OC(C)C4CCCCC4)cc3)cc2)CC1. The molecule has 200 valence electrons. The lowest BCUT2D eigenvalue weighted by Crippen LogP contribution is -2.28. The second kappa shape index (κ2) is 11.0. The average molecular weight is 517 g/mol. The molecule has 1 atom stereocenters. The predicted molar refractivity (Wildman–Crippen MR) is 146 cm³/mol. The van der Waals surface area contributed by atoms with Gasteiger partial charge in [-0.05, 0) is 69.1 Å². The third kappa shape index (κ3) is 5.33. The van der Waals surface area contributed by atoms with Gasteiger partial charge in [0.05, 0.1) is 12.0 Å². The van der Waals surface area contributed by atoms with Gasteiger partial charge in [0.15, 0.2) is 5.76 Å². The van der Waals surface area contributed by atoms with E-state index in [0.29, 0.717) is 29.7 Å². The molecule has 0 bridgehead atoms. The van der Waals surface area contributed by atoms with E-state index < -0.39 is 11.5 Å². The molecule has 2 fully saturated rings. The van der Waals surface area contributed by atoms with Crippen molar-refractivity contribution in [2.45, 2.75) is 77.2 Å². The number of carbonyl (C=O) groups excluding carboxylic acids is 2. The molecule has 1 aromatic heterocycles. The van der Waals surface area contributed by atoms with Crippen LogP contribution in [0.3, 0.4) is 0 Å². The Morgan fingerprint density at radius 2 is 1.61 bits per heavy atom. The maximum atomic E-state index is 12.7. The van der Waals surface area contributed by atoms with Gasteiger partial charge < -0.3 is 14.0 Å². The van der Waals surface area contributed by atoms with E-state index >= 15 is 0 Å². The number of ether oxygens (including phenoxy) is 2. The third-order valence-electron chi connectivity index (χ3n) is 8.03. The molecule has 1 unspecified atom stereocenters. The molecule has 38 heavy (non-hydrogen) atoms. The second-order valence-corrected chi connectivity index (χ2v) is 10.6. The van der Waals surface area contributed by atoms with Crippen molar-refractivity contribution in [3.05, 3.63) is 59.8 Å². The largest absolute Gasteiger partial charge is 0.465 e. The molecule has 0 aliphatic heterocycles. The van der Waals surface area contributed by atoms with E-state index in [4.69, 9.17) is 14.0 Å². The standard InChI is InChI=1S/C31H36N2O5/c1-4-36-29(34)31(18-19-31)26-16-14-24(15-17-26)23-10-12-25(13-11-23)28-27(20(2)33-38-28)32-30(35)37-21(3)22-8-6-5-7-9-22/h10-17,21-22H,4-9,18-19H2,1-3H3,(H,32,35). The van der Waals surface area contributed by atoms with Gasteiger partial charge >= 0.3 is 12.1 Å². The Morgan fingerprint density at radius 3 is 2.21 bits per heavy atom. The fourth-order valence-electron chi connectivity index (χ4n) is 5.51. The minimum absolute atomic E-state index is 0.128. The van der Waals surface area contributed by atoms with Gasteiger partial charge in [-0.15, -0.1) is 0 Å².